The molecule has 0 heterocycles. The number of carbonyl (C=O) groups is 1. The van der Waals surface area contributed by atoms with Gasteiger partial charge in [-0.25, -0.2) is 0 Å². The molecule has 0 bridgehead atoms. The van der Waals surface area contributed by atoms with Gasteiger partial charge >= 0.3 is 0 Å². The Labute approximate surface area is 132 Å². The first kappa shape index (κ1) is 15.8. The van der Waals surface area contributed by atoms with Crippen molar-refractivity contribution < 1.29 is 4.79 Å². The number of rotatable bonds is 4. The second-order valence-corrected chi connectivity index (χ2v) is 5.52. The first-order valence-electron chi connectivity index (χ1n) is 7.30. The third-order valence-electron chi connectivity index (χ3n) is 3.39. The molecule has 0 aliphatic heterocycles. The lowest BCUT2D eigenvalue weighted by molar-refractivity contribution is -0.112. The van der Waals surface area contributed by atoms with Gasteiger partial charge in [-0.2, -0.15) is 0 Å². The molecule has 0 aliphatic rings. The van der Waals surface area contributed by atoms with E-state index < -0.39 is 0 Å². The SMILES string of the molecule is C=C(C)C(=O)Nc1ccccc1C(=C(C)C)c1ccccc1. The fourth-order valence-electron chi connectivity index (χ4n) is 2.36. The summed E-state index contributed by atoms with van der Waals surface area (Å²) in [6.07, 6.45) is 0. The van der Waals surface area contributed by atoms with E-state index in [0.717, 1.165) is 22.4 Å². The third-order valence-corrected chi connectivity index (χ3v) is 3.39. The van der Waals surface area contributed by atoms with Crippen molar-refractivity contribution in [3.63, 3.8) is 0 Å². The molecule has 2 aromatic rings. The molecule has 0 atom stereocenters. The molecule has 2 nitrogen and oxygen atoms in total. The lowest BCUT2D eigenvalue weighted by atomic mass is 9.93. The number of anilines is 1. The number of allylic oxidation sites excluding steroid dienone is 1. The molecule has 0 spiro atoms. The molecular formula is C20H21NO. The van der Waals surface area contributed by atoms with Crippen LogP contribution in [-0.4, -0.2) is 5.91 Å². The van der Waals surface area contributed by atoms with E-state index >= 15 is 0 Å². The van der Waals surface area contributed by atoms with Crippen molar-refractivity contribution in [2.24, 2.45) is 0 Å². The Bertz CT molecular complexity index is 722. The Hall–Kier alpha value is -2.61. The van der Waals surface area contributed by atoms with Gasteiger partial charge in [0.15, 0.2) is 0 Å². The molecule has 2 aromatic carbocycles. The summed E-state index contributed by atoms with van der Waals surface area (Å²) in [7, 11) is 0. The molecule has 1 amide bonds. The van der Waals surface area contributed by atoms with E-state index in [9.17, 15) is 4.79 Å². The van der Waals surface area contributed by atoms with E-state index in [4.69, 9.17) is 0 Å². The lowest BCUT2D eigenvalue weighted by Crippen LogP contribution is -2.13. The average Bonchev–Trinajstić information content (AvgIpc) is 2.50. The van der Waals surface area contributed by atoms with E-state index in [1.165, 1.54) is 5.57 Å². The molecule has 0 unspecified atom stereocenters. The Morgan fingerprint density at radius 2 is 1.50 bits per heavy atom. The zero-order chi connectivity index (χ0) is 16.1. The van der Waals surface area contributed by atoms with Gasteiger partial charge in [-0.3, -0.25) is 4.79 Å². The van der Waals surface area contributed by atoms with Crippen LogP contribution in [0.25, 0.3) is 5.57 Å². The maximum Gasteiger partial charge on any atom is 0.250 e. The van der Waals surface area contributed by atoms with E-state index in [1.807, 2.05) is 42.5 Å². The monoisotopic (exact) mass is 291 g/mol. The van der Waals surface area contributed by atoms with Gasteiger partial charge < -0.3 is 5.32 Å². The smallest absolute Gasteiger partial charge is 0.250 e. The van der Waals surface area contributed by atoms with E-state index in [1.54, 1.807) is 6.92 Å². The molecule has 2 heteroatoms. The van der Waals surface area contributed by atoms with Crippen LogP contribution in [-0.2, 0) is 4.79 Å². The standard InChI is InChI=1S/C20H21NO/c1-14(2)19(16-10-6-5-7-11-16)17-12-8-9-13-18(17)21-20(22)15(3)4/h5-13H,3H2,1-2,4H3,(H,21,22). The number of benzene rings is 2. The molecule has 0 aliphatic carbocycles. The van der Waals surface area contributed by atoms with Crippen LogP contribution < -0.4 is 5.32 Å². The zero-order valence-corrected chi connectivity index (χ0v) is 13.3. The zero-order valence-electron chi connectivity index (χ0n) is 13.3. The summed E-state index contributed by atoms with van der Waals surface area (Å²) in [6, 6.07) is 18.1. The molecule has 1 N–H and O–H groups in total. The number of amides is 1. The highest BCUT2D eigenvalue weighted by Gasteiger charge is 2.13. The summed E-state index contributed by atoms with van der Waals surface area (Å²) >= 11 is 0. The Morgan fingerprint density at radius 1 is 0.909 bits per heavy atom. The predicted octanol–water partition coefficient (Wildman–Crippen LogP) is 5.04. The van der Waals surface area contributed by atoms with Gasteiger partial charge in [0.25, 0.3) is 5.91 Å². The Balaban J connectivity index is 2.53. The maximum absolute atomic E-state index is 12.0. The van der Waals surface area contributed by atoms with Crippen molar-refractivity contribution in [3.05, 3.63) is 83.4 Å². The van der Waals surface area contributed by atoms with E-state index in [-0.39, 0.29) is 5.91 Å². The van der Waals surface area contributed by atoms with Crippen molar-refractivity contribution in [2.75, 3.05) is 5.32 Å². The Kier molecular flexibility index (Phi) is 4.95. The third kappa shape index (κ3) is 3.53. The summed E-state index contributed by atoms with van der Waals surface area (Å²) in [5.41, 5.74) is 5.79. The van der Waals surface area contributed by atoms with E-state index in [0.29, 0.717) is 5.57 Å². The molecule has 2 rings (SSSR count). The van der Waals surface area contributed by atoms with Crippen LogP contribution >= 0.6 is 0 Å². The first-order valence-corrected chi connectivity index (χ1v) is 7.30. The summed E-state index contributed by atoms with van der Waals surface area (Å²) in [4.78, 5) is 12.0. The normalized spacial score (nSPS) is 9.95. The minimum absolute atomic E-state index is 0.159. The van der Waals surface area contributed by atoms with Crippen molar-refractivity contribution in [1.82, 2.24) is 0 Å². The molecule has 0 saturated heterocycles. The number of nitrogens with one attached hydrogen (secondary N) is 1. The predicted molar refractivity (Wildman–Crippen MR) is 93.7 cm³/mol. The van der Waals surface area contributed by atoms with Crippen molar-refractivity contribution in [2.45, 2.75) is 20.8 Å². The van der Waals surface area contributed by atoms with Gasteiger partial charge in [-0.05, 0) is 38.0 Å². The lowest BCUT2D eigenvalue weighted by Gasteiger charge is -2.16. The van der Waals surface area contributed by atoms with Crippen LogP contribution in [0, 0.1) is 0 Å². The van der Waals surface area contributed by atoms with E-state index in [2.05, 4.69) is 37.9 Å². The number of carbonyl (C=O) groups excluding carboxylic acids is 1. The molecule has 22 heavy (non-hydrogen) atoms. The average molecular weight is 291 g/mol. The highest BCUT2D eigenvalue weighted by atomic mass is 16.1. The number of hydrogen-bond acceptors (Lipinski definition) is 1. The fourth-order valence-corrected chi connectivity index (χ4v) is 2.36. The fraction of sp³-hybridized carbons (Fsp3) is 0.150. The van der Waals surface area contributed by atoms with Gasteiger partial charge in [0.2, 0.25) is 0 Å². The topological polar surface area (TPSA) is 29.1 Å². The molecule has 0 fully saturated rings. The molecule has 112 valence electrons. The minimum Gasteiger partial charge on any atom is -0.322 e. The van der Waals surface area contributed by atoms with Gasteiger partial charge in [0.05, 0.1) is 0 Å². The summed E-state index contributed by atoms with van der Waals surface area (Å²) < 4.78 is 0. The highest BCUT2D eigenvalue weighted by molar-refractivity contribution is 6.05. The summed E-state index contributed by atoms with van der Waals surface area (Å²) in [6.45, 7) is 9.57. The maximum atomic E-state index is 12.0. The van der Waals surface area contributed by atoms with Gasteiger partial charge in [0, 0.05) is 16.8 Å². The molecule has 0 saturated carbocycles. The van der Waals surface area contributed by atoms with Crippen LogP contribution in [0.3, 0.4) is 0 Å². The van der Waals surface area contributed by atoms with Crippen LogP contribution in [0.15, 0.2) is 72.3 Å². The highest BCUT2D eigenvalue weighted by Crippen LogP contribution is 2.32. The van der Waals surface area contributed by atoms with Crippen LogP contribution in [0.2, 0.25) is 0 Å². The number of hydrogen-bond donors (Lipinski definition) is 1. The molecule has 0 aromatic heterocycles. The van der Waals surface area contributed by atoms with Crippen molar-refractivity contribution >= 4 is 17.2 Å². The van der Waals surface area contributed by atoms with Gasteiger partial charge in [-0.1, -0.05) is 60.7 Å². The van der Waals surface area contributed by atoms with Gasteiger partial charge in [-0.15, -0.1) is 0 Å². The second-order valence-electron chi connectivity index (χ2n) is 5.52. The second kappa shape index (κ2) is 6.90. The summed E-state index contributed by atoms with van der Waals surface area (Å²) in [5, 5.41) is 2.94. The quantitative estimate of drug-likeness (QED) is 0.785. The molecule has 0 radical (unpaired) electrons. The van der Waals surface area contributed by atoms with Crippen LogP contribution in [0.5, 0.6) is 0 Å². The van der Waals surface area contributed by atoms with Crippen molar-refractivity contribution in [1.29, 1.82) is 0 Å². The minimum atomic E-state index is -0.159. The van der Waals surface area contributed by atoms with Crippen LogP contribution in [0.1, 0.15) is 31.9 Å². The Morgan fingerprint density at radius 3 is 2.09 bits per heavy atom. The largest absolute Gasteiger partial charge is 0.322 e. The van der Waals surface area contributed by atoms with Crippen LogP contribution in [0.4, 0.5) is 5.69 Å². The van der Waals surface area contributed by atoms with Crippen molar-refractivity contribution in [3.8, 4) is 0 Å². The number of para-hydroxylation sites is 1. The molecular weight excluding hydrogens is 270 g/mol. The summed E-state index contributed by atoms with van der Waals surface area (Å²) in [5.74, 6) is -0.159. The van der Waals surface area contributed by atoms with Gasteiger partial charge in [0.1, 0.15) is 0 Å². The first-order chi connectivity index (χ1) is 10.5.